The van der Waals surface area contributed by atoms with Gasteiger partial charge in [-0.3, -0.25) is 0 Å². The van der Waals surface area contributed by atoms with Crippen molar-refractivity contribution in [2.75, 3.05) is 7.11 Å². The molecular formula is C14H21NO2. The molecule has 0 spiro atoms. The van der Waals surface area contributed by atoms with Crippen LogP contribution in [0.1, 0.15) is 25.3 Å². The predicted molar refractivity (Wildman–Crippen MR) is 68.2 cm³/mol. The molecular weight excluding hydrogens is 214 g/mol. The van der Waals surface area contributed by atoms with E-state index in [2.05, 4.69) is 19.1 Å². The van der Waals surface area contributed by atoms with Gasteiger partial charge in [0.1, 0.15) is 18.0 Å². The number of nitrogens with two attached hydrogens (primary N) is 1. The van der Waals surface area contributed by atoms with Crippen LogP contribution in [-0.2, 0) is 11.2 Å². The highest BCUT2D eigenvalue weighted by molar-refractivity contribution is 5.28. The maximum atomic E-state index is 5.85. The fraction of sp³-hybridized carbons (Fsp3) is 0.571. The van der Waals surface area contributed by atoms with Gasteiger partial charge in [-0.25, -0.2) is 0 Å². The minimum atomic E-state index is 0.0327. The van der Waals surface area contributed by atoms with E-state index >= 15 is 0 Å². The molecule has 3 nitrogen and oxygen atoms in total. The van der Waals surface area contributed by atoms with Crippen molar-refractivity contribution >= 4 is 0 Å². The van der Waals surface area contributed by atoms with Gasteiger partial charge in [-0.2, -0.15) is 0 Å². The van der Waals surface area contributed by atoms with Gasteiger partial charge < -0.3 is 15.2 Å². The molecule has 17 heavy (non-hydrogen) atoms. The zero-order valence-electron chi connectivity index (χ0n) is 10.6. The summed E-state index contributed by atoms with van der Waals surface area (Å²) in [7, 11) is 1.68. The van der Waals surface area contributed by atoms with Crippen molar-refractivity contribution < 1.29 is 9.47 Å². The summed E-state index contributed by atoms with van der Waals surface area (Å²) in [5.74, 6) is 0.906. The van der Waals surface area contributed by atoms with Crippen molar-refractivity contribution in [2.45, 2.75) is 44.4 Å². The summed E-state index contributed by atoms with van der Waals surface area (Å²) in [4.78, 5) is 0. The van der Waals surface area contributed by atoms with Crippen LogP contribution in [0.4, 0.5) is 0 Å². The van der Waals surface area contributed by atoms with E-state index in [4.69, 9.17) is 15.2 Å². The molecule has 1 saturated carbocycles. The van der Waals surface area contributed by atoms with E-state index in [1.165, 1.54) is 12.0 Å². The Labute approximate surface area is 103 Å². The van der Waals surface area contributed by atoms with Gasteiger partial charge in [0.05, 0.1) is 0 Å². The lowest BCUT2D eigenvalue weighted by Crippen LogP contribution is -2.59. The van der Waals surface area contributed by atoms with Gasteiger partial charge >= 0.3 is 0 Å². The summed E-state index contributed by atoms with van der Waals surface area (Å²) in [6.45, 7) is 2.18. The maximum absolute atomic E-state index is 5.85. The van der Waals surface area contributed by atoms with E-state index in [1.807, 2.05) is 12.1 Å². The highest BCUT2D eigenvalue weighted by Crippen LogP contribution is 2.27. The lowest BCUT2D eigenvalue weighted by molar-refractivity contribution is -0.0782. The summed E-state index contributed by atoms with van der Waals surface area (Å²) in [6.07, 6.45) is 3.30. The zero-order chi connectivity index (χ0) is 12.3. The molecule has 2 N–H and O–H groups in total. The summed E-state index contributed by atoms with van der Waals surface area (Å²) >= 11 is 0. The molecule has 0 bridgehead atoms. The molecule has 3 unspecified atom stereocenters. The normalized spacial score (nSPS) is 27.6. The molecule has 2 rings (SSSR count). The monoisotopic (exact) mass is 235 g/mol. The molecule has 1 fully saturated rings. The fourth-order valence-electron chi connectivity index (χ4n) is 2.26. The van der Waals surface area contributed by atoms with E-state index < -0.39 is 0 Å². The van der Waals surface area contributed by atoms with Crippen LogP contribution in [0.25, 0.3) is 0 Å². The Balaban J connectivity index is 1.91. The second kappa shape index (κ2) is 5.52. The van der Waals surface area contributed by atoms with Crippen LogP contribution < -0.4 is 10.5 Å². The molecule has 0 amide bonds. The van der Waals surface area contributed by atoms with Crippen LogP contribution in [0.2, 0.25) is 0 Å². The van der Waals surface area contributed by atoms with Crippen LogP contribution in [-0.4, -0.2) is 25.4 Å². The van der Waals surface area contributed by atoms with Crippen LogP contribution in [0.5, 0.6) is 5.75 Å². The van der Waals surface area contributed by atoms with Crippen molar-refractivity contribution in [2.24, 2.45) is 5.73 Å². The molecule has 0 heterocycles. The largest absolute Gasteiger partial charge is 0.488 e. The van der Waals surface area contributed by atoms with Crippen LogP contribution >= 0.6 is 0 Å². The van der Waals surface area contributed by atoms with E-state index in [1.54, 1.807) is 7.11 Å². The molecule has 0 aliphatic heterocycles. The first-order valence-electron chi connectivity index (χ1n) is 6.28. The molecule has 0 radical (unpaired) electrons. The third-order valence-corrected chi connectivity index (χ3v) is 3.31. The second-order valence-electron chi connectivity index (χ2n) is 4.65. The van der Waals surface area contributed by atoms with Crippen molar-refractivity contribution in [3.05, 3.63) is 29.8 Å². The summed E-state index contributed by atoms with van der Waals surface area (Å²) in [5, 5.41) is 0. The smallest absolute Gasteiger partial charge is 0.128 e. The highest BCUT2D eigenvalue weighted by atomic mass is 16.5. The van der Waals surface area contributed by atoms with Gasteiger partial charge in [0.15, 0.2) is 0 Å². The molecule has 94 valence electrons. The molecule has 1 aliphatic carbocycles. The Bertz CT molecular complexity index is 350. The fourth-order valence-corrected chi connectivity index (χ4v) is 2.26. The molecule has 3 heteroatoms. The molecule has 1 aliphatic rings. The molecule has 1 aromatic rings. The Morgan fingerprint density at radius 3 is 2.53 bits per heavy atom. The van der Waals surface area contributed by atoms with Gasteiger partial charge in [-0.05, 0) is 24.1 Å². The molecule has 1 aromatic carbocycles. The van der Waals surface area contributed by atoms with Crippen LogP contribution in [0.3, 0.4) is 0 Å². The number of rotatable bonds is 5. The summed E-state index contributed by atoms with van der Waals surface area (Å²) in [5.41, 5.74) is 7.19. The zero-order valence-corrected chi connectivity index (χ0v) is 10.6. The Hall–Kier alpha value is -1.06. The SMILES string of the molecule is CCCc1ccc(OC2CC(N)C2OC)cc1. The lowest BCUT2D eigenvalue weighted by atomic mass is 9.86. The van der Waals surface area contributed by atoms with E-state index in [0.29, 0.717) is 0 Å². The van der Waals surface area contributed by atoms with Crippen molar-refractivity contribution in [1.82, 2.24) is 0 Å². The first-order chi connectivity index (χ1) is 8.24. The predicted octanol–water partition coefficient (Wildman–Crippen LogP) is 2.13. The average molecular weight is 235 g/mol. The van der Waals surface area contributed by atoms with Gasteiger partial charge in [0.25, 0.3) is 0 Å². The van der Waals surface area contributed by atoms with Gasteiger partial charge in [0, 0.05) is 19.6 Å². The minimum absolute atomic E-state index is 0.0327. The van der Waals surface area contributed by atoms with Gasteiger partial charge in [-0.1, -0.05) is 25.5 Å². The van der Waals surface area contributed by atoms with Crippen LogP contribution in [0.15, 0.2) is 24.3 Å². The number of aryl methyl sites for hydroxylation is 1. The van der Waals surface area contributed by atoms with Crippen LogP contribution in [0, 0.1) is 0 Å². The van der Waals surface area contributed by atoms with Crippen molar-refractivity contribution in [3.63, 3.8) is 0 Å². The first kappa shape index (κ1) is 12.4. The van der Waals surface area contributed by atoms with E-state index in [-0.39, 0.29) is 18.2 Å². The Morgan fingerprint density at radius 1 is 1.29 bits per heavy atom. The maximum Gasteiger partial charge on any atom is 0.128 e. The Morgan fingerprint density at radius 2 is 2.00 bits per heavy atom. The topological polar surface area (TPSA) is 44.5 Å². The minimum Gasteiger partial charge on any atom is -0.488 e. The van der Waals surface area contributed by atoms with E-state index in [0.717, 1.165) is 18.6 Å². The lowest BCUT2D eigenvalue weighted by Gasteiger charge is -2.40. The standard InChI is InChI=1S/C14H21NO2/c1-3-4-10-5-7-11(8-6-10)17-13-9-12(15)14(13)16-2/h5-8,12-14H,3-4,9,15H2,1-2H3. The molecule has 0 saturated heterocycles. The number of hydrogen-bond acceptors (Lipinski definition) is 3. The van der Waals surface area contributed by atoms with Gasteiger partial charge in [-0.15, -0.1) is 0 Å². The number of benzene rings is 1. The summed E-state index contributed by atoms with van der Waals surface area (Å²) < 4.78 is 11.1. The highest BCUT2D eigenvalue weighted by Gasteiger charge is 2.40. The van der Waals surface area contributed by atoms with Crippen molar-refractivity contribution in [3.8, 4) is 5.75 Å². The average Bonchev–Trinajstić information content (AvgIpc) is 2.31. The first-order valence-corrected chi connectivity index (χ1v) is 6.28. The van der Waals surface area contributed by atoms with E-state index in [9.17, 15) is 0 Å². The molecule has 0 aromatic heterocycles. The molecule has 3 atom stereocenters. The van der Waals surface area contributed by atoms with Crippen molar-refractivity contribution in [1.29, 1.82) is 0 Å². The van der Waals surface area contributed by atoms with Gasteiger partial charge in [0.2, 0.25) is 0 Å². The third-order valence-electron chi connectivity index (χ3n) is 3.31. The number of methoxy groups -OCH3 is 1. The Kier molecular flexibility index (Phi) is 4.02. The number of ether oxygens (including phenoxy) is 2. The third kappa shape index (κ3) is 2.79. The second-order valence-corrected chi connectivity index (χ2v) is 4.65. The number of hydrogen-bond donors (Lipinski definition) is 1. The summed E-state index contributed by atoms with van der Waals surface area (Å²) in [6, 6.07) is 8.42. The quantitative estimate of drug-likeness (QED) is 0.850.